The average Bonchev–Trinajstić information content (AvgIpc) is 2.90. The van der Waals surface area contributed by atoms with Crippen molar-refractivity contribution >= 4 is 17.3 Å². The lowest BCUT2D eigenvalue weighted by Crippen LogP contribution is -2.53. The number of benzene rings is 2. The molecule has 1 aliphatic heterocycles. The summed E-state index contributed by atoms with van der Waals surface area (Å²) in [6, 6.07) is 13.8. The molecule has 5 N–H and O–H groups in total. The van der Waals surface area contributed by atoms with Gasteiger partial charge in [-0.25, -0.2) is 14.4 Å². The van der Waals surface area contributed by atoms with Crippen LogP contribution in [0.4, 0.5) is 16.0 Å². The Morgan fingerprint density at radius 3 is 2.37 bits per heavy atom. The third-order valence-corrected chi connectivity index (χ3v) is 7.05. The molecule has 3 aromatic rings. The van der Waals surface area contributed by atoms with Crippen LogP contribution in [0.3, 0.4) is 0 Å². The van der Waals surface area contributed by atoms with Crippen LogP contribution in [-0.4, -0.2) is 66.5 Å². The molecule has 38 heavy (non-hydrogen) atoms. The highest BCUT2D eigenvalue weighted by Crippen LogP contribution is 2.29. The highest BCUT2D eigenvalue weighted by atomic mass is 19.1. The van der Waals surface area contributed by atoms with Gasteiger partial charge in [0.15, 0.2) is 0 Å². The fraction of sp³-hybridized carbons (Fsp3) is 0.414. The number of quaternary nitrogens is 1. The molecule has 2 aromatic carbocycles. The Morgan fingerprint density at radius 1 is 1.03 bits per heavy atom. The molecule has 2 fully saturated rings. The van der Waals surface area contributed by atoms with Crippen LogP contribution in [-0.2, 0) is 0 Å². The minimum Gasteiger partial charge on any atom is -0.457 e. The Bertz CT molecular complexity index is 1200. The molecule has 202 valence electrons. The number of nitrogen functional groups attached to an aromatic ring is 1. The third-order valence-electron chi connectivity index (χ3n) is 7.05. The summed E-state index contributed by atoms with van der Waals surface area (Å²) >= 11 is 0. The van der Waals surface area contributed by atoms with Crippen LogP contribution in [0.25, 0.3) is 0 Å². The van der Waals surface area contributed by atoms with Gasteiger partial charge in [0.2, 0.25) is 0 Å². The third kappa shape index (κ3) is 7.49. The summed E-state index contributed by atoms with van der Waals surface area (Å²) in [5.41, 5.74) is 6.44. The molecule has 0 bridgehead atoms. The molecule has 1 saturated carbocycles. The lowest BCUT2D eigenvalue weighted by Gasteiger charge is -2.33. The van der Waals surface area contributed by atoms with Crippen LogP contribution in [0.1, 0.15) is 43.2 Å². The van der Waals surface area contributed by atoms with Crippen molar-refractivity contribution in [1.29, 1.82) is 5.41 Å². The number of hydrogen-bond donors (Lipinski definition) is 4. The number of rotatable bonds is 6. The summed E-state index contributed by atoms with van der Waals surface area (Å²) in [6.07, 6.45) is 6.98. The first-order valence-corrected chi connectivity index (χ1v) is 13.3. The molecule has 9 heteroatoms. The molecule has 0 spiro atoms. The highest BCUT2D eigenvalue weighted by Gasteiger charge is 2.22. The molecule has 0 unspecified atom stereocenters. The summed E-state index contributed by atoms with van der Waals surface area (Å²) in [4.78, 5) is 8.31. The zero-order valence-electron chi connectivity index (χ0n) is 22.3. The second kappa shape index (κ2) is 12.8. The van der Waals surface area contributed by atoms with E-state index in [1.807, 2.05) is 18.2 Å². The van der Waals surface area contributed by atoms with Crippen LogP contribution in [0.15, 0.2) is 54.9 Å². The predicted octanol–water partition coefficient (Wildman–Crippen LogP) is 4.82. The van der Waals surface area contributed by atoms with E-state index in [1.54, 1.807) is 18.2 Å². The van der Waals surface area contributed by atoms with E-state index < -0.39 is 5.82 Å². The van der Waals surface area contributed by atoms with E-state index in [-0.39, 0.29) is 23.1 Å². The summed E-state index contributed by atoms with van der Waals surface area (Å²) in [5.74, 6) is 1.02. The van der Waals surface area contributed by atoms with Crippen molar-refractivity contribution in [3.63, 3.8) is 0 Å². The number of nitrogens with zero attached hydrogens (tertiary/aromatic N) is 3. The Labute approximate surface area is 224 Å². The quantitative estimate of drug-likeness (QED) is 0.274. The fourth-order valence-corrected chi connectivity index (χ4v) is 4.72. The van der Waals surface area contributed by atoms with Crippen LogP contribution in [0, 0.1) is 11.2 Å². The van der Waals surface area contributed by atoms with Gasteiger partial charge in [0.05, 0.1) is 38.5 Å². The highest BCUT2D eigenvalue weighted by molar-refractivity contribution is 6.16. The maximum absolute atomic E-state index is 14.9. The average molecular weight is 521 g/mol. The van der Waals surface area contributed by atoms with Crippen LogP contribution < -0.4 is 21.1 Å². The predicted molar refractivity (Wildman–Crippen MR) is 150 cm³/mol. The van der Waals surface area contributed by atoms with E-state index in [4.69, 9.17) is 15.9 Å². The summed E-state index contributed by atoms with van der Waals surface area (Å²) in [7, 11) is 4.56. The van der Waals surface area contributed by atoms with Gasteiger partial charge < -0.3 is 25.6 Å². The Morgan fingerprint density at radius 2 is 1.74 bits per heavy atom. The fourth-order valence-electron chi connectivity index (χ4n) is 4.72. The lowest BCUT2D eigenvalue weighted by molar-refractivity contribution is -0.891. The van der Waals surface area contributed by atoms with E-state index in [2.05, 4.69) is 34.7 Å². The number of hydrogen-bond acceptors (Lipinski definition) is 7. The van der Waals surface area contributed by atoms with Crippen molar-refractivity contribution in [3.05, 3.63) is 71.8 Å². The summed E-state index contributed by atoms with van der Waals surface area (Å²) < 4.78 is 21.8. The van der Waals surface area contributed by atoms with Gasteiger partial charge in [-0.15, -0.1) is 0 Å². The van der Waals surface area contributed by atoms with Crippen molar-refractivity contribution in [2.75, 3.05) is 51.3 Å². The smallest absolute Gasteiger partial charge is 0.141 e. The molecule has 0 atom stereocenters. The van der Waals surface area contributed by atoms with Crippen LogP contribution in [0.5, 0.6) is 11.5 Å². The van der Waals surface area contributed by atoms with Gasteiger partial charge in [-0.05, 0) is 37.1 Å². The van der Waals surface area contributed by atoms with Crippen LogP contribution in [0.2, 0.25) is 0 Å². The number of nitrogens with one attached hydrogen (secondary N) is 3. The van der Waals surface area contributed by atoms with Gasteiger partial charge in [0.25, 0.3) is 0 Å². The van der Waals surface area contributed by atoms with Crippen molar-refractivity contribution < 1.29 is 13.6 Å². The molecular formula is C29H39FN7O+. The Balaban J connectivity index is 0.000000360. The monoisotopic (exact) mass is 520 g/mol. The van der Waals surface area contributed by atoms with E-state index in [0.29, 0.717) is 22.9 Å². The molecule has 2 aliphatic rings. The normalized spacial score (nSPS) is 17.1. The molecule has 0 amide bonds. The number of piperazine rings is 1. The maximum Gasteiger partial charge on any atom is 0.141 e. The summed E-state index contributed by atoms with van der Waals surface area (Å²) in [5, 5.41) is 15.3. The van der Waals surface area contributed by atoms with Crippen molar-refractivity contribution in [1.82, 2.24) is 15.3 Å². The van der Waals surface area contributed by atoms with Gasteiger partial charge in [0.1, 0.15) is 35.3 Å². The number of likely N-dealkylation sites (N-methyl/N-ethyl adjacent to an activating group) is 1. The molecule has 1 aliphatic carbocycles. The molecule has 5 rings (SSSR count). The van der Waals surface area contributed by atoms with E-state index in [9.17, 15) is 4.39 Å². The van der Waals surface area contributed by atoms with Crippen molar-refractivity contribution in [3.8, 4) is 11.5 Å². The Kier molecular flexibility index (Phi) is 9.25. The standard InChI is InChI=1S/C23H24FN5O.C6H15N2/c24-19-13-17(30-16-9-5-2-6-10-16)11-12-18(19)21(25)20-22(26)27-14-28-23(20)29-15-7-3-1-4-8-15;1-8(2)5-3-7-4-6-8/h2,5-6,9-15,25H,1,3-4,7-8H2,(H3,26,27,28,29);7H,3-6H2,1-2H3/q;+1. The number of anilines is 2. The number of halogens is 1. The van der Waals surface area contributed by atoms with Gasteiger partial charge in [-0.2, -0.15) is 0 Å². The van der Waals surface area contributed by atoms with Gasteiger partial charge >= 0.3 is 0 Å². The summed E-state index contributed by atoms with van der Waals surface area (Å²) in [6.45, 7) is 4.93. The minimum absolute atomic E-state index is 0.0600. The largest absolute Gasteiger partial charge is 0.457 e. The number of para-hydroxylation sites is 1. The Hall–Kier alpha value is -3.56. The first-order chi connectivity index (χ1) is 18.3. The molecular weight excluding hydrogens is 481 g/mol. The van der Waals surface area contributed by atoms with Gasteiger partial charge in [0, 0.05) is 30.8 Å². The molecule has 1 saturated heterocycles. The minimum atomic E-state index is -0.569. The van der Waals surface area contributed by atoms with Gasteiger partial charge in [-0.3, -0.25) is 5.41 Å². The number of aromatic nitrogens is 2. The zero-order valence-corrected chi connectivity index (χ0v) is 22.3. The van der Waals surface area contributed by atoms with Crippen LogP contribution >= 0.6 is 0 Å². The number of ether oxygens (including phenoxy) is 1. The molecule has 2 heterocycles. The molecule has 0 radical (unpaired) electrons. The topological polar surface area (TPSA) is 109 Å². The van der Waals surface area contributed by atoms with E-state index in [0.717, 1.165) is 25.7 Å². The second-order valence-electron chi connectivity index (χ2n) is 10.5. The maximum atomic E-state index is 14.9. The van der Waals surface area contributed by atoms with E-state index in [1.165, 1.54) is 55.5 Å². The lowest BCUT2D eigenvalue weighted by atomic mass is 9.95. The number of nitrogens with two attached hydrogens (primary N) is 1. The van der Waals surface area contributed by atoms with Gasteiger partial charge in [-0.1, -0.05) is 37.5 Å². The van der Waals surface area contributed by atoms with Crippen molar-refractivity contribution in [2.45, 2.75) is 38.1 Å². The first kappa shape index (κ1) is 27.5. The SMILES string of the molecule is C[N+]1(C)CCNCC1.N=C(c1ccc(Oc2ccccc2)cc1F)c1c(N)ncnc1NC1CCCCC1. The van der Waals surface area contributed by atoms with E-state index >= 15 is 0 Å². The molecule has 8 nitrogen and oxygen atoms in total. The molecule has 1 aromatic heterocycles. The van der Waals surface area contributed by atoms with Crippen molar-refractivity contribution in [2.24, 2.45) is 0 Å². The second-order valence-corrected chi connectivity index (χ2v) is 10.5. The zero-order chi connectivity index (χ0) is 27.0. The first-order valence-electron chi connectivity index (χ1n) is 13.3.